The summed E-state index contributed by atoms with van der Waals surface area (Å²) in [4.78, 5) is 4.85. The molecule has 0 atom stereocenters. The van der Waals surface area contributed by atoms with Gasteiger partial charge < -0.3 is 18.6 Å². The molecule has 0 amide bonds. The van der Waals surface area contributed by atoms with Gasteiger partial charge in [0.2, 0.25) is 0 Å². The average Bonchev–Trinajstić information content (AvgIpc) is 2.85. The number of hydrogen-bond acceptors (Lipinski definition) is 4. The number of benzene rings is 13. The zero-order valence-electron chi connectivity index (χ0n) is 45.5. The molecule has 4 heteroatoms. The molecule has 1 aliphatic rings. The van der Waals surface area contributed by atoms with E-state index in [0.29, 0.717) is 0 Å². The Morgan fingerprint density at radius 3 is 1.30 bits per heavy atom. The maximum absolute atomic E-state index is 7.37. The number of furan rings is 2. The first-order valence-corrected chi connectivity index (χ1v) is 28.1. The lowest BCUT2D eigenvalue weighted by Crippen LogP contribution is -2.18. The molecule has 2 heterocycles. The van der Waals surface area contributed by atoms with E-state index in [1.165, 1.54) is 60.3 Å². The number of nitrogens with zero attached hydrogens (tertiary/aromatic N) is 2. The predicted octanol–water partition coefficient (Wildman–Crippen LogP) is 22.1. The Hall–Kier alpha value is -10.2. The van der Waals surface area contributed by atoms with Crippen molar-refractivity contribution in [3.05, 3.63) is 277 Å². The van der Waals surface area contributed by atoms with E-state index >= 15 is 0 Å². The van der Waals surface area contributed by atoms with Gasteiger partial charge in [-0.15, -0.1) is 0 Å². The van der Waals surface area contributed by atoms with Crippen LogP contribution in [0.15, 0.2) is 264 Å². The van der Waals surface area contributed by atoms with Crippen molar-refractivity contribution in [2.24, 2.45) is 0 Å². The van der Waals surface area contributed by atoms with Gasteiger partial charge in [0.15, 0.2) is 11.2 Å². The maximum Gasteiger partial charge on any atom is 0.159 e. The molecule has 0 radical (unpaired) electrons. The van der Waals surface area contributed by atoms with Crippen molar-refractivity contribution in [1.29, 1.82) is 0 Å². The molecule has 0 N–H and O–H groups in total. The first-order valence-electron chi connectivity index (χ1n) is 28.1. The molecule has 16 rings (SSSR count). The summed E-state index contributed by atoms with van der Waals surface area (Å²) in [5, 5.41) is 11.5. The highest BCUT2D eigenvalue weighted by Crippen LogP contribution is 2.57. The summed E-state index contributed by atoms with van der Waals surface area (Å²) in [6.45, 7) is 9.11. The molecule has 384 valence electrons. The van der Waals surface area contributed by atoms with Gasteiger partial charge >= 0.3 is 0 Å². The monoisotopic (exact) mass is 1040 g/mol. The fraction of sp³-hybridized carbons (Fsp3) is 0.0649. The standard InChI is InChI=1S/C77H54N2O2/c1-47-33-37-53(38-34-47)78(67-31-17-29-61-71-56-25-13-11-23-51(56)43-63(75(71)80-73(61)67)49-19-7-5-8-20-49)55-41-42-60-65(45-55)77(3,4)66-46-69(58-27-15-16-28-59(58)70(60)66)79(54-39-35-48(2)36-40-54)68-32-18-30-62-72-57-26-14-12-24-52(57)44-64(76(72)81-74(62)68)50-21-9-6-10-22-50/h5-46H,1-4H3. The van der Waals surface area contributed by atoms with Crippen LogP contribution in [0.1, 0.15) is 36.1 Å². The summed E-state index contributed by atoms with van der Waals surface area (Å²) in [6, 6.07) is 93.0. The van der Waals surface area contributed by atoms with Crippen LogP contribution in [0, 0.1) is 13.8 Å². The minimum absolute atomic E-state index is 0.416. The van der Waals surface area contributed by atoms with E-state index in [-0.39, 0.29) is 0 Å². The smallest absolute Gasteiger partial charge is 0.159 e. The Bertz CT molecular complexity index is 5030. The van der Waals surface area contributed by atoms with Crippen molar-refractivity contribution in [2.45, 2.75) is 33.1 Å². The second-order valence-corrected chi connectivity index (χ2v) is 22.5. The Balaban J connectivity index is 0.903. The minimum atomic E-state index is -0.416. The second-order valence-electron chi connectivity index (χ2n) is 22.5. The summed E-state index contributed by atoms with van der Waals surface area (Å²) in [5.74, 6) is 0. The third-order valence-electron chi connectivity index (χ3n) is 17.3. The lowest BCUT2D eigenvalue weighted by atomic mass is 9.81. The van der Waals surface area contributed by atoms with Crippen LogP contribution in [-0.4, -0.2) is 0 Å². The van der Waals surface area contributed by atoms with Crippen LogP contribution in [0.4, 0.5) is 34.1 Å². The molecular weight excluding hydrogens is 985 g/mol. The highest BCUT2D eigenvalue weighted by molar-refractivity contribution is 6.26. The molecule has 81 heavy (non-hydrogen) atoms. The minimum Gasteiger partial charge on any atom is -0.453 e. The van der Waals surface area contributed by atoms with Crippen molar-refractivity contribution in [2.75, 3.05) is 9.80 Å². The average molecular weight is 1040 g/mol. The molecule has 15 aromatic rings. The normalized spacial score (nSPS) is 12.8. The highest BCUT2D eigenvalue weighted by atomic mass is 16.3. The van der Waals surface area contributed by atoms with Crippen molar-refractivity contribution >= 4 is 110 Å². The summed E-state index contributed by atoms with van der Waals surface area (Å²) < 4.78 is 14.7. The Kier molecular flexibility index (Phi) is 10.4. The summed E-state index contributed by atoms with van der Waals surface area (Å²) >= 11 is 0. The van der Waals surface area contributed by atoms with Gasteiger partial charge in [-0.25, -0.2) is 0 Å². The molecule has 0 spiro atoms. The molecule has 0 saturated carbocycles. The van der Waals surface area contributed by atoms with Gasteiger partial charge in [-0.1, -0.05) is 213 Å². The highest BCUT2D eigenvalue weighted by Gasteiger charge is 2.39. The van der Waals surface area contributed by atoms with E-state index in [1.54, 1.807) is 0 Å². The van der Waals surface area contributed by atoms with E-state index in [9.17, 15) is 0 Å². The Labute approximate surface area is 470 Å². The SMILES string of the molecule is Cc1ccc(N(c2ccc3c(c2)C(C)(C)c2cc(N(c4ccc(C)cc4)c4cccc5c4oc4c(-c6ccccc6)cc6ccccc6c45)c4ccccc4c2-3)c2cccc3c2oc2c(-c4ccccc4)cc4ccccc4c23)cc1. The van der Waals surface area contributed by atoms with Crippen LogP contribution in [-0.2, 0) is 5.41 Å². The molecule has 1 aliphatic carbocycles. The largest absolute Gasteiger partial charge is 0.453 e. The van der Waals surface area contributed by atoms with Gasteiger partial charge in [0.05, 0.1) is 17.1 Å². The fourth-order valence-corrected chi connectivity index (χ4v) is 13.4. The van der Waals surface area contributed by atoms with E-state index in [1.807, 2.05) is 0 Å². The summed E-state index contributed by atoms with van der Waals surface area (Å²) in [7, 11) is 0. The van der Waals surface area contributed by atoms with E-state index in [2.05, 4.69) is 292 Å². The Morgan fingerprint density at radius 2 is 0.753 bits per heavy atom. The molecule has 0 saturated heterocycles. The van der Waals surface area contributed by atoms with Crippen LogP contribution < -0.4 is 9.80 Å². The van der Waals surface area contributed by atoms with Crippen molar-refractivity contribution in [1.82, 2.24) is 0 Å². The molecule has 13 aromatic carbocycles. The van der Waals surface area contributed by atoms with Gasteiger partial charge in [-0.3, -0.25) is 0 Å². The predicted molar refractivity (Wildman–Crippen MR) is 341 cm³/mol. The number of aryl methyl sites for hydroxylation is 2. The van der Waals surface area contributed by atoms with Crippen LogP contribution >= 0.6 is 0 Å². The second kappa shape index (κ2) is 17.9. The van der Waals surface area contributed by atoms with E-state index in [0.717, 1.165) is 106 Å². The van der Waals surface area contributed by atoms with Gasteiger partial charge in [-0.05, 0) is 141 Å². The lowest BCUT2D eigenvalue weighted by Gasteiger charge is -2.30. The van der Waals surface area contributed by atoms with Crippen LogP contribution in [0.2, 0.25) is 0 Å². The van der Waals surface area contributed by atoms with E-state index in [4.69, 9.17) is 8.83 Å². The third-order valence-corrected chi connectivity index (χ3v) is 17.3. The molecule has 4 nitrogen and oxygen atoms in total. The molecule has 0 aliphatic heterocycles. The molecule has 0 bridgehead atoms. The quantitative estimate of drug-likeness (QED) is 0.152. The van der Waals surface area contributed by atoms with Crippen LogP contribution in [0.25, 0.3) is 110 Å². The zero-order valence-corrected chi connectivity index (χ0v) is 45.5. The number of anilines is 6. The van der Waals surface area contributed by atoms with Crippen LogP contribution in [0.5, 0.6) is 0 Å². The fourth-order valence-electron chi connectivity index (χ4n) is 13.4. The summed E-state index contributed by atoms with van der Waals surface area (Å²) in [6.07, 6.45) is 0. The first-order chi connectivity index (χ1) is 39.8. The number of para-hydroxylation sites is 2. The number of hydrogen-bond donors (Lipinski definition) is 0. The van der Waals surface area contributed by atoms with Gasteiger partial charge in [0, 0.05) is 60.5 Å². The van der Waals surface area contributed by atoms with Crippen molar-refractivity contribution < 1.29 is 8.83 Å². The van der Waals surface area contributed by atoms with Gasteiger partial charge in [0.1, 0.15) is 11.2 Å². The molecular formula is C77H54N2O2. The summed E-state index contributed by atoms with van der Waals surface area (Å²) in [5.41, 5.74) is 21.2. The topological polar surface area (TPSA) is 32.8 Å². The molecule has 2 aromatic heterocycles. The van der Waals surface area contributed by atoms with Crippen LogP contribution in [0.3, 0.4) is 0 Å². The lowest BCUT2D eigenvalue weighted by molar-refractivity contribution is 0.660. The number of rotatable bonds is 8. The zero-order chi connectivity index (χ0) is 54.1. The number of fused-ring (bicyclic) bond motifs is 15. The van der Waals surface area contributed by atoms with E-state index < -0.39 is 5.41 Å². The van der Waals surface area contributed by atoms with Crippen molar-refractivity contribution in [3.8, 4) is 33.4 Å². The first kappa shape index (κ1) is 46.9. The molecule has 0 unspecified atom stereocenters. The molecule has 0 fully saturated rings. The third kappa shape index (κ3) is 7.16. The maximum atomic E-state index is 7.37. The van der Waals surface area contributed by atoms with Gasteiger partial charge in [-0.2, -0.15) is 0 Å². The Morgan fingerprint density at radius 1 is 0.309 bits per heavy atom. The van der Waals surface area contributed by atoms with Gasteiger partial charge in [0.25, 0.3) is 0 Å². The van der Waals surface area contributed by atoms with Crippen molar-refractivity contribution in [3.63, 3.8) is 0 Å².